The molecule has 0 radical (unpaired) electrons. The maximum atomic E-state index is 12.4. The number of nitrogens with one attached hydrogen (secondary N) is 1. The molecule has 2 saturated heterocycles. The molecule has 102 valence electrons. The van der Waals surface area contributed by atoms with E-state index in [1.807, 2.05) is 35.2 Å². The van der Waals surface area contributed by atoms with E-state index in [-0.39, 0.29) is 6.03 Å². The van der Waals surface area contributed by atoms with Gasteiger partial charge < -0.3 is 16.0 Å². The Kier molecular flexibility index (Phi) is 3.40. The molecule has 0 aliphatic carbocycles. The number of nitrogens with zero attached hydrogens (tertiary/aromatic N) is 2. The van der Waals surface area contributed by atoms with Gasteiger partial charge in [-0.25, -0.2) is 4.79 Å². The van der Waals surface area contributed by atoms with Gasteiger partial charge in [0.15, 0.2) is 0 Å². The monoisotopic (exact) mass is 260 g/mol. The van der Waals surface area contributed by atoms with Crippen LogP contribution in [-0.4, -0.2) is 54.1 Å². The van der Waals surface area contributed by atoms with Crippen LogP contribution < -0.4 is 11.1 Å². The Bertz CT molecular complexity index is 450. The molecule has 1 aromatic rings. The van der Waals surface area contributed by atoms with Gasteiger partial charge in [-0.3, -0.25) is 4.90 Å². The lowest BCUT2D eigenvalue weighted by Gasteiger charge is -2.39. The highest BCUT2D eigenvalue weighted by Crippen LogP contribution is 2.25. The van der Waals surface area contributed by atoms with Gasteiger partial charge in [0.05, 0.1) is 0 Å². The Morgan fingerprint density at radius 2 is 2.11 bits per heavy atom. The van der Waals surface area contributed by atoms with Gasteiger partial charge in [-0.05, 0) is 18.6 Å². The maximum Gasteiger partial charge on any atom is 0.322 e. The first-order valence-electron chi connectivity index (χ1n) is 6.84. The van der Waals surface area contributed by atoms with Crippen LogP contribution in [0.2, 0.25) is 0 Å². The van der Waals surface area contributed by atoms with Gasteiger partial charge in [-0.1, -0.05) is 18.2 Å². The molecule has 2 amide bonds. The highest BCUT2D eigenvalue weighted by Gasteiger charge is 2.40. The standard InChI is InChI=1S/C14H20N4O/c15-8-13-10-18(12-6-7-17(13)9-12)14(19)16-11-4-2-1-3-5-11/h1-5,12-13H,6-10,15H2,(H,16,19)/t12-,13-/m1/s1. The van der Waals surface area contributed by atoms with Crippen molar-refractivity contribution in [1.82, 2.24) is 9.80 Å². The predicted octanol–water partition coefficient (Wildman–Crippen LogP) is 0.936. The zero-order valence-corrected chi connectivity index (χ0v) is 11.0. The van der Waals surface area contributed by atoms with Gasteiger partial charge in [0, 0.05) is 44.0 Å². The average Bonchev–Trinajstić information content (AvgIpc) is 2.84. The summed E-state index contributed by atoms with van der Waals surface area (Å²) in [5, 5.41) is 2.97. The second-order valence-corrected chi connectivity index (χ2v) is 5.28. The van der Waals surface area contributed by atoms with Crippen molar-refractivity contribution in [2.45, 2.75) is 18.5 Å². The van der Waals surface area contributed by atoms with E-state index >= 15 is 0 Å². The number of fused-ring (bicyclic) bond motifs is 2. The molecule has 1 aromatic carbocycles. The fourth-order valence-electron chi connectivity index (χ4n) is 3.03. The zero-order valence-electron chi connectivity index (χ0n) is 11.0. The number of hydrogen-bond acceptors (Lipinski definition) is 3. The van der Waals surface area contributed by atoms with Crippen molar-refractivity contribution in [2.24, 2.45) is 5.73 Å². The van der Waals surface area contributed by atoms with E-state index < -0.39 is 0 Å². The number of rotatable bonds is 2. The summed E-state index contributed by atoms with van der Waals surface area (Å²) in [6, 6.07) is 10.2. The highest BCUT2D eigenvalue weighted by molar-refractivity contribution is 5.89. The third-order valence-electron chi connectivity index (χ3n) is 4.12. The molecular formula is C14H20N4O. The van der Waals surface area contributed by atoms with Gasteiger partial charge >= 0.3 is 6.03 Å². The van der Waals surface area contributed by atoms with Crippen LogP contribution in [0.1, 0.15) is 6.42 Å². The van der Waals surface area contributed by atoms with Crippen LogP contribution in [0.4, 0.5) is 10.5 Å². The van der Waals surface area contributed by atoms with Crippen LogP contribution in [0.15, 0.2) is 30.3 Å². The number of carbonyl (C=O) groups is 1. The first kappa shape index (κ1) is 12.4. The molecule has 2 heterocycles. The summed E-state index contributed by atoms with van der Waals surface area (Å²) in [5.41, 5.74) is 6.65. The summed E-state index contributed by atoms with van der Waals surface area (Å²) in [7, 11) is 0. The van der Waals surface area contributed by atoms with Crippen molar-refractivity contribution in [3.05, 3.63) is 30.3 Å². The number of nitrogens with two attached hydrogens (primary N) is 1. The minimum atomic E-state index is -0.00352. The molecular weight excluding hydrogens is 240 g/mol. The third kappa shape index (κ3) is 2.43. The first-order valence-corrected chi connectivity index (χ1v) is 6.84. The van der Waals surface area contributed by atoms with E-state index in [1.165, 1.54) is 0 Å². The van der Waals surface area contributed by atoms with E-state index in [4.69, 9.17) is 5.73 Å². The van der Waals surface area contributed by atoms with Crippen LogP contribution in [-0.2, 0) is 0 Å². The van der Waals surface area contributed by atoms with Crippen molar-refractivity contribution < 1.29 is 4.79 Å². The molecule has 1 unspecified atom stereocenters. The summed E-state index contributed by atoms with van der Waals surface area (Å²) in [6.45, 7) is 3.37. The summed E-state index contributed by atoms with van der Waals surface area (Å²) < 4.78 is 0. The van der Waals surface area contributed by atoms with Crippen molar-refractivity contribution in [1.29, 1.82) is 0 Å². The minimum absolute atomic E-state index is 0.00352. The fraction of sp³-hybridized carbons (Fsp3) is 0.500. The Balaban J connectivity index is 1.69. The lowest BCUT2D eigenvalue weighted by Crippen LogP contribution is -2.57. The molecule has 0 aromatic heterocycles. The fourth-order valence-corrected chi connectivity index (χ4v) is 3.03. The summed E-state index contributed by atoms with van der Waals surface area (Å²) in [6.07, 6.45) is 1.05. The smallest absolute Gasteiger partial charge is 0.322 e. The molecule has 0 saturated carbocycles. The van der Waals surface area contributed by atoms with Crippen LogP contribution in [0.25, 0.3) is 0 Å². The van der Waals surface area contributed by atoms with Gasteiger partial charge in [0.25, 0.3) is 0 Å². The Hall–Kier alpha value is -1.59. The number of carbonyl (C=O) groups excluding carboxylic acids is 1. The molecule has 2 aliphatic heterocycles. The van der Waals surface area contributed by atoms with Crippen LogP contribution in [0.3, 0.4) is 0 Å². The van der Waals surface area contributed by atoms with Gasteiger partial charge in [-0.15, -0.1) is 0 Å². The van der Waals surface area contributed by atoms with E-state index in [9.17, 15) is 4.79 Å². The van der Waals surface area contributed by atoms with Crippen LogP contribution in [0.5, 0.6) is 0 Å². The van der Waals surface area contributed by atoms with E-state index in [0.717, 1.165) is 31.7 Å². The quantitative estimate of drug-likeness (QED) is 0.832. The molecule has 3 rings (SSSR count). The first-order chi connectivity index (χ1) is 9.28. The largest absolute Gasteiger partial charge is 0.329 e. The number of benzene rings is 1. The molecule has 5 heteroatoms. The number of hydrogen-bond donors (Lipinski definition) is 2. The van der Waals surface area contributed by atoms with Crippen LogP contribution >= 0.6 is 0 Å². The van der Waals surface area contributed by atoms with Gasteiger partial charge in [0.1, 0.15) is 0 Å². The number of amides is 2. The van der Waals surface area contributed by atoms with Crippen molar-refractivity contribution in [3.63, 3.8) is 0 Å². The lowest BCUT2D eigenvalue weighted by atomic mass is 10.1. The number of anilines is 1. The number of para-hydroxylation sites is 1. The summed E-state index contributed by atoms with van der Waals surface area (Å²) in [4.78, 5) is 16.7. The van der Waals surface area contributed by atoms with Gasteiger partial charge in [-0.2, -0.15) is 0 Å². The number of urea groups is 1. The topological polar surface area (TPSA) is 61.6 Å². The highest BCUT2D eigenvalue weighted by atomic mass is 16.2. The molecule has 5 nitrogen and oxygen atoms in total. The molecule has 2 aliphatic rings. The molecule has 3 atom stereocenters. The van der Waals surface area contributed by atoms with Crippen molar-refractivity contribution in [2.75, 3.05) is 31.5 Å². The summed E-state index contributed by atoms with van der Waals surface area (Å²) >= 11 is 0. The van der Waals surface area contributed by atoms with E-state index in [1.54, 1.807) is 0 Å². The Morgan fingerprint density at radius 3 is 2.84 bits per heavy atom. The normalized spacial score (nSPS) is 29.3. The Morgan fingerprint density at radius 1 is 1.32 bits per heavy atom. The van der Waals surface area contributed by atoms with Crippen molar-refractivity contribution in [3.8, 4) is 0 Å². The number of piperazine rings is 1. The average molecular weight is 260 g/mol. The predicted molar refractivity (Wildman–Crippen MR) is 75.0 cm³/mol. The zero-order chi connectivity index (χ0) is 13.2. The van der Waals surface area contributed by atoms with Crippen LogP contribution in [0, 0.1) is 0 Å². The van der Waals surface area contributed by atoms with E-state index in [2.05, 4.69) is 10.2 Å². The molecule has 19 heavy (non-hydrogen) atoms. The third-order valence-corrected chi connectivity index (χ3v) is 4.12. The Labute approximate surface area is 113 Å². The van der Waals surface area contributed by atoms with Crippen molar-refractivity contribution >= 4 is 11.7 Å². The van der Waals surface area contributed by atoms with E-state index in [0.29, 0.717) is 18.6 Å². The SMILES string of the molecule is NC[C@@H]1CN(C(=O)Nc2ccccc2)[C@@H]2CCN1C2. The minimum Gasteiger partial charge on any atom is -0.329 e. The lowest BCUT2D eigenvalue weighted by molar-refractivity contribution is 0.113. The van der Waals surface area contributed by atoms with Gasteiger partial charge in [0.2, 0.25) is 0 Å². The second kappa shape index (κ2) is 5.19. The molecule has 3 N–H and O–H groups in total. The summed E-state index contributed by atoms with van der Waals surface area (Å²) in [5.74, 6) is 0. The maximum absolute atomic E-state index is 12.4. The molecule has 2 bridgehead atoms. The second-order valence-electron chi connectivity index (χ2n) is 5.28. The molecule has 0 spiro atoms. The molecule has 2 fully saturated rings.